The summed E-state index contributed by atoms with van der Waals surface area (Å²) < 4.78 is 1.80. The Balaban J connectivity index is 2.18. The fourth-order valence-electron chi connectivity index (χ4n) is 2.00. The minimum atomic E-state index is 0.0977. The van der Waals surface area contributed by atoms with Crippen molar-refractivity contribution < 1.29 is 0 Å². The summed E-state index contributed by atoms with van der Waals surface area (Å²) in [4.78, 5) is 11.5. The van der Waals surface area contributed by atoms with Gasteiger partial charge >= 0.3 is 0 Å². The van der Waals surface area contributed by atoms with Gasteiger partial charge in [-0.3, -0.25) is 4.79 Å². The lowest BCUT2D eigenvalue weighted by Gasteiger charge is -2.41. The molecule has 0 aliphatic heterocycles. The second-order valence-electron chi connectivity index (χ2n) is 4.18. The molecule has 0 amide bonds. The molecule has 1 saturated carbocycles. The molecule has 2 rings (SSSR count). The Labute approximate surface area is 89.4 Å². The SMILES string of the molecule is O=c1ccccn1CC1(CS)CCC1. The lowest BCUT2D eigenvalue weighted by Crippen LogP contribution is -2.38. The van der Waals surface area contributed by atoms with Gasteiger partial charge in [0.05, 0.1) is 0 Å². The zero-order chi connectivity index (χ0) is 10.0. The summed E-state index contributed by atoms with van der Waals surface area (Å²) in [5, 5.41) is 0. The Kier molecular flexibility index (Phi) is 2.68. The number of hydrogen-bond acceptors (Lipinski definition) is 2. The average molecular weight is 209 g/mol. The van der Waals surface area contributed by atoms with Gasteiger partial charge in [-0.15, -0.1) is 0 Å². The predicted octanol–water partition coefficient (Wildman–Crippen LogP) is 1.95. The first kappa shape index (κ1) is 9.84. The fraction of sp³-hybridized carbons (Fsp3) is 0.545. The van der Waals surface area contributed by atoms with Crippen LogP contribution in [0.15, 0.2) is 29.2 Å². The standard InChI is InChI=1S/C11H15NOS/c13-10-4-1-2-7-12(10)8-11(9-14)5-3-6-11/h1-2,4,7,14H,3,5-6,8-9H2. The minimum Gasteiger partial charge on any atom is -0.315 e. The van der Waals surface area contributed by atoms with Crippen molar-refractivity contribution >= 4 is 12.6 Å². The maximum Gasteiger partial charge on any atom is 0.250 e. The van der Waals surface area contributed by atoms with Crippen LogP contribution in [0.1, 0.15) is 19.3 Å². The number of nitrogens with zero attached hydrogens (tertiary/aromatic N) is 1. The van der Waals surface area contributed by atoms with E-state index in [9.17, 15) is 4.79 Å². The van der Waals surface area contributed by atoms with Crippen molar-refractivity contribution in [3.63, 3.8) is 0 Å². The molecule has 1 heterocycles. The summed E-state index contributed by atoms with van der Waals surface area (Å²) in [7, 11) is 0. The summed E-state index contributed by atoms with van der Waals surface area (Å²) in [5.41, 5.74) is 0.384. The molecule has 0 N–H and O–H groups in total. The van der Waals surface area contributed by atoms with Crippen LogP contribution < -0.4 is 5.56 Å². The quantitative estimate of drug-likeness (QED) is 0.755. The summed E-state index contributed by atoms with van der Waals surface area (Å²) in [6.45, 7) is 0.830. The smallest absolute Gasteiger partial charge is 0.250 e. The van der Waals surface area contributed by atoms with Crippen LogP contribution in [0.5, 0.6) is 0 Å². The van der Waals surface area contributed by atoms with Crippen LogP contribution in [0, 0.1) is 5.41 Å². The zero-order valence-electron chi connectivity index (χ0n) is 8.15. The number of aromatic nitrogens is 1. The number of thiol groups is 1. The van der Waals surface area contributed by atoms with Crippen molar-refractivity contribution in [2.45, 2.75) is 25.8 Å². The summed E-state index contributed by atoms with van der Waals surface area (Å²) in [6, 6.07) is 5.31. The lowest BCUT2D eigenvalue weighted by atomic mass is 9.70. The molecular formula is C11H15NOS. The van der Waals surface area contributed by atoms with Gasteiger partial charge in [0.1, 0.15) is 0 Å². The second kappa shape index (κ2) is 3.81. The normalized spacial score (nSPS) is 18.9. The molecule has 0 atom stereocenters. The van der Waals surface area contributed by atoms with Crippen molar-refractivity contribution in [1.29, 1.82) is 0 Å². The lowest BCUT2D eigenvalue weighted by molar-refractivity contribution is 0.137. The van der Waals surface area contributed by atoms with Crippen molar-refractivity contribution in [3.8, 4) is 0 Å². The maximum atomic E-state index is 11.5. The average Bonchev–Trinajstić information content (AvgIpc) is 2.14. The van der Waals surface area contributed by atoms with E-state index < -0.39 is 0 Å². The first-order valence-corrected chi connectivity index (χ1v) is 5.65. The Hall–Kier alpha value is -0.700. The van der Waals surface area contributed by atoms with E-state index in [1.54, 1.807) is 16.7 Å². The predicted molar refractivity (Wildman–Crippen MR) is 60.8 cm³/mol. The third kappa shape index (κ3) is 1.73. The monoisotopic (exact) mass is 209 g/mol. The van der Waals surface area contributed by atoms with Gasteiger partial charge in [0.25, 0.3) is 5.56 Å². The molecule has 1 aromatic heterocycles. The Bertz CT molecular complexity index is 362. The third-order valence-corrected chi connectivity index (χ3v) is 3.83. The highest BCUT2D eigenvalue weighted by atomic mass is 32.1. The first-order valence-electron chi connectivity index (χ1n) is 5.02. The Morgan fingerprint density at radius 2 is 2.21 bits per heavy atom. The van der Waals surface area contributed by atoms with Crippen molar-refractivity contribution in [1.82, 2.24) is 4.57 Å². The molecule has 2 nitrogen and oxygen atoms in total. The zero-order valence-corrected chi connectivity index (χ0v) is 9.04. The van der Waals surface area contributed by atoms with Crippen molar-refractivity contribution in [2.24, 2.45) is 5.41 Å². The van der Waals surface area contributed by atoms with Gasteiger partial charge < -0.3 is 4.57 Å². The molecule has 0 unspecified atom stereocenters. The van der Waals surface area contributed by atoms with E-state index in [1.807, 2.05) is 12.3 Å². The molecule has 76 valence electrons. The highest BCUT2D eigenvalue weighted by Crippen LogP contribution is 2.42. The first-order chi connectivity index (χ1) is 6.76. The second-order valence-corrected chi connectivity index (χ2v) is 4.49. The van der Waals surface area contributed by atoms with Crippen LogP contribution in [0.2, 0.25) is 0 Å². The van der Waals surface area contributed by atoms with E-state index in [0.717, 1.165) is 12.3 Å². The van der Waals surface area contributed by atoms with Crippen LogP contribution in [0.3, 0.4) is 0 Å². The fourth-order valence-corrected chi connectivity index (χ4v) is 2.41. The molecule has 3 heteroatoms. The number of pyridine rings is 1. The molecule has 0 aromatic carbocycles. The van der Waals surface area contributed by atoms with Crippen molar-refractivity contribution in [2.75, 3.05) is 5.75 Å². The minimum absolute atomic E-state index is 0.0977. The molecule has 1 aliphatic carbocycles. The number of hydrogen-bond donors (Lipinski definition) is 1. The molecule has 1 fully saturated rings. The molecular weight excluding hydrogens is 194 g/mol. The van der Waals surface area contributed by atoms with Crippen LogP contribution in [0.4, 0.5) is 0 Å². The number of rotatable bonds is 3. The molecule has 0 saturated heterocycles. The van der Waals surface area contributed by atoms with Gasteiger partial charge in [0.2, 0.25) is 0 Å². The van der Waals surface area contributed by atoms with E-state index in [2.05, 4.69) is 12.6 Å². The van der Waals surface area contributed by atoms with Gasteiger partial charge in [0, 0.05) is 18.8 Å². The van der Waals surface area contributed by atoms with Crippen LogP contribution in [-0.4, -0.2) is 10.3 Å². The van der Waals surface area contributed by atoms with E-state index in [-0.39, 0.29) is 11.0 Å². The Morgan fingerprint density at radius 3 is 2.71 bits per heavy atom. The Morgan fingerprint density at radius 1 is 1.43 bits per heavy atom. The van der Waals surface area contributed by atoms with Crippen LogP contribution >= 0.6 is 12.6 Å². The molecule has 14 heavy (non-hydrogen) atoms. The van der Waals surface area contributed by atoms with Gasteiger partial charge in [-0.25, -0.2) is 0 Å². The van der Waals surface area contributed by atoms with E-state index in [4.69, 9.17) is 0 Å². The van der Waals surface area contributed by atoms with Gasteiger partial charge in [-0.1, -0.05) is 12.5 Å². The summed E-state index contributed by atoms with van der Waals surface area (Å²) in [6.07, 6.45) is 5.56. The highest BCUT2D eigenvalue weighted by molar-refractivity contribution is 7.80. The van der Waals surface area contributed by atoms with Gasteiger partial charge in [-0.2, -0.15) is 12.6 Å². The molecule has 0 bridgehead atoms. The van der Waals surface area contributed by atoms with E-state index in [1.165, 1.54) is 19.3 Å². The van der Waals surface area contributed by atoms with Crippen molar-refractivity contribution in [3.05, 3.63) is 34.7 Å². The topological polar surface area (TPSA) is 22.0 Å². The van der Waals surface area contributed by atoms with Gasteiger partial charge in [0.15, 0.2) is 0 Å². The van der Waals surface area contributed by atoms with E-state index in [0.29, 0.717) is 0 Å². The largest absolute Gasteiger partial charge is 0.315 e. The molecule has 1 aliphatic rings. The maximum absolute atomic E-state index is 11.5. The summed E-state index contributed by atoms with van der Waals surface area (Å²) in [5.74, 6) is 0.883. The molecule has 0 radical (unpaired) electrons. The molecule has 0 spiro atoms. The van der Waals surface area contributed by atoms with Crippen LogP contribution in [0.25, 0.3) is 0 Å². The highest BCUT2D eigenvalue weighted by Gasteiger charge is 2.35. The van der Waals surface area contributed by atoms with E-state index >= 15 is 0 Å². The van der Waals surface area contributed by atoms with Gasteiger partial charge in [-0.05, 0) is 30.1 Å². The molecule has 1 aromatic rings. The third-order valence-electron chi connectivity index (χ3n) is 3.15. The van der Waals surface area contributed by atoms with Crippen LogP contribution in [-0.2, 0) is 6.54 Å². The summed E-state index contributed by atoms with van der Waals surface area (Å²) >= 11 is 4.38.